The minimum absolute atomic E-state index is 0.0810. The van der Waals surface area contributed by atoms with E-state index in [1.165, 1.54) is 0 Å². The lowest BCUT2D eigenvalue weighted by Crippen LogP contribution is -1.70. The summed E-state index contributed by atoms with van der Waals surface area (Å²) in [4.78, 5) is 0. The van der Waals surface area contributed by atoms with Crippen LogP contribution in [0.1, 0.15) is 11.3 Å². The van der Waals surface area contributed by atoms with Crippen LogP contribution in [0, 0.1) is 13.8 Å². The molecule has 3 nitrogen and oxygen atoms in total. The number of hydrogen-bond acceptors (Lipinski definition) is 3. The van der Waals surface area contributed by atoms with Gasteiger partial charge in [-0.05, 0) is 13.8 Å². The van der Waals surface area contributed by atoms with Crippen molar-refractivity contribution in [1.29, 1.82) is 0 Å². The molecule has 0 spiro atoms. The van der Waals surface area contributed by atoms with Gasteiger partial charge in [-0.25, -0.2) is 0 Å². The van der Waals surface area contributed by atoms with E-state index in [2.05, 4.69) is 9.68 Å². The Morgan fingerprint density at radius 1 is 1.50 bits per heavy atom. The molecule has 0 amide bonds. The Bertz CT molecular complexity index is 173. The molecule has 1 N–H and O–H groups in total. The molecule has 44 valence electrons. The third kappa shape index (κ3) is 0.559. The lowest BCUT2D eigenvalue weighted by Gasteiger charge is -1.79. The first kappa shape index (κ1) is 5.15. The predicted octanol–water partition coefficient (Wildman–Crippen LogP) is 0.997. The Morgan fingerprint density at radius 2 is 2.12 bits per heavy atom. The zero-order valence-corrected chi connectivity index (χ0v) is 4.80. The molecule has 1 heterocycles. The normalized spacial score (nSPS) is 9.75. The molecule has 0 aliphatic carbocycles. The average molecular weight is 113 g/mol. The molecule has 0 radical (unpaired) electrons. The molecule has 0 aromatic carbocycles. The fourth-order valence-electron chi connectivity index (χ4n) is 0.403. The van der Waals surface area contributed by atoms with E-state index in [0.717, 1.165) is 5.69 Å². The Morgan fingerprint density at radius 3 is 2.25 bits per heavy atom. The van der Waals surface area contributed by atoms with Crippen LogP contribution < -0.4 is 0 Å². The SMILES string of the molecule is Cc1noc(O)c1C. The van der Waals surface area contributed by atoms with Crippen LogP contribution in [0.15, 0.2) is 4.52 Å². The number of hydrogen-bond donors (Lipinski definition) is 1. The zero-order valence-electron chi connectivity index (χ0n) is 4.80. The molecule has 1 aromatic heterocycles. The van der Waals surface area contributed by atoms with Gasteiger partial charge in [-0.2, -0.15) is 0 Å². The summed E-state index contributed by atoms with van der Waals surface area (Å²) in [5, 5.41) is 12.2. The first-order valence-electron chi connectivity index (χ1n) is 2.33. The summed E-state index contributed by atoms with van der Waals surface area (Å²) < 4.78 is 4.40. The summed E-state index contributed by atoms with van der Waals surface area (Å²) in [6.45, 7) is 3.53. The highest BCUT2D eigenvalue weighted by atomic mass is 16.5. The third-order valence-electron chi connectivity index (χ3n) is 1.13. The molecule has 3 heteroatoms. The maximum Gasteiger partial charge on any atom is 0.311 e. The number of rotatable bonds is 0. The monoisotopic (exact) mass is 113 g/mol. The maximum atomic E-state index is 8.71. The van der Waals surface area contributed by atoms with Crippen molar-refractivity contribution in [3.05, 3.63) is 11.3 Å². The highest BCUT2D eigenvalue weighted by Crippen LogP contribution is 2.16. The van der Waals surface area contributed by atoms with Crippen molar-refractivity contribution in [3.8, 4) is 5.95 Å². The molecule has 0 unspecified atom stereocenters. The van der Waals surface area contributed by atoms with Gasteiger partial charge in [0.25, 0.3) is 0 Å². The van der Waals surface area contributed by atoms with E-state index in [0.29, 0.717) is 5.56 Å². The molecule has 0 aliphatic rings. The summed E-state index contributed by atoms with van der Waals surface area (Å²) in [5.74, 6) is -0.0810. The van der Waals surface area contributed by atoms with E-state index in [9.17, 15) is 0 Å². The van der Waals surface area contributed by atoms with Gasteiger partial charge >= 0.3 is 5.95 Å². The second-order valence-corrected chi connectivity index (χ2v) is 1.70. The van der Waals surface area contributed by atoms with Gasteiger partial charge in [0.15, 0.2) is 0 Å². The van der Waals surface area contributed by atoms with Crippen LogP contribution >= 0.6 is 0 Å². The number of aromatic hydroxyl groups is 1. The zero-order chi connectivity index (χ0) is 6.15. The van der Waals surface area contributed by atoms with Gasteiger partial charge in [-0.3, -0.25) is 0 Å². The molecule has 0 bridgehead atoms. The van der Waals surface area contributed by atoms with Crippen LogP contribution in [0.25, 0.3) is 0 Å². The summed E-state index contributed by atoms with van der Waals surface area (Å²) in [6.07, 6.45) is 0. The van der Waals surface area contributed by atoms with E-state index in [4.69, 9.17) is 5.11 Å². The number of aromatic nitrogens is 1. The second-order valence-electron chi connectivity index (χ2n) is 1.70. The minimum Gasteiger partial charge on any atom is -0.479 e. The van der Waals surface area contributed by atoms with Crippen LogP contribution in [-0.2, 0) is 0 Å². The second kappa shape index (κ2) is 1.51. The van der Waals surface area contributed by atoms with E-state index >= 15 is 0 Å². The first-order valence-corrected chi connectivity index (χ1v) is 2.33. The van der Waals surface area contributed by atoms with Gasteiger partial charge in [-0.15, -0.1) is 0 Å². The molecule has 0 saturated carbocycles. The van der Waals surface area contributed by atoms with Crippen LogP contribution in [-0.4, -0.2) is 10.3 Å². The van der Waals surface area contributed by atoms with Gasteiger partial charge in [0.1, 0.15) is 0 Å². The van der Waals surface area contributed by atoms with Gasteiger partial charge in [0, 0.05) is 0 Å². The van der Waals surface area contributed by atoms with E-state index in [-0.39, 0.29) is 5.95 Å². The largest absolute Gasteiger partial charge is 0.479 e. The molecule has 0 aliphatic heterocycles. The molecule has 0 fully saturated rings. The molecule has 1 aromatic rings. The summed E-state index contributed by atoms with van der Waals surface area (Å²) in [6, 6.07) is 0. The van der Waals surface area contributed by atoms with Crippen molar-refractivity contribution < 1.29 is 9.63 Å². The lowest BCUT2D eigenvalue weighted by molar-refractivity contribution is 0.275. The average Bonchev–Trinajstić information content (AvgIpc) is 1.98. The Balaban J connectivity index is 3.19. The first-order chi connectivity index (χ1) is 3.72. The number of aryl methyl sites for hydroxylation is 1. The molecule has 1 rings (SSSR count). The Kier molecular flexibility index (Phi) is 0.970. The molecule has 0 atom stereocenters. The maximum absolute atomic E-state index is 8.71. The van der Waals surface area contributed by atoms with Crippen LogP contribution in [0.3, 0.4) is 0 Å². The smallest absolute Gasteiger partial charge is 0.311 e. The fourth-order valence-corrected chi connectivity index (χ4v) is 0.403. The molecular formula is C5H7NO2. The standard InChI is InChI=1S/C5H7NO2/c1-3-4(2)6-8-5(3)7/h7H,1-2H3. The number of nitrogens with zero attached hydrogens (tertiary/aromatic N) is 1. The third-order valence-corrected chi connectivity index (χ3v) is 1.13. The van der Waals surface area contributed by atoms with Crippen molar-refractivity contribution in [1.82, 2.24) is 5.16 Å². The van der Waals surface area contributed by atoms with E-state index in [1.54, 1.807) is 13.8 Å². The van der Waals surface area contributed by atoms with E-state index < -0.39 is 0 Å². The quantitative estimate of drug-likeness (QED) is 0.545. The van der Waals surface area contributed by atoms with Gasteiger partial charge in [0.2, 0.25) is 0 Å². The van der Waals surface area contributed by atoms with Gasteiger partial charge in [0.05, 0.1) is 11.3 Å². The van der Waals surface area contributed by atoms with Crippen molar-refractivity contribution in [2.24, 2.45) is 0 Å². The topological polar surface area (TPSA) is 46.3 Å². The van der Waals surface area contributed by atoms with Crippen LogP contribution in [0.5, 0.6) is 5.95 Å². The Labute approximate surface area is 46.9 Å². The summed E-state index contributed by atoms with van der Waals surface area (Å²) in [5.41, 5.74) is 1.45. The minimum atomic E-state index is -0.0810. The highest BCUT2D eigenvalue weighted by molar-refractivity contribution is 5.22. The van der Waals surface area contributed by atoms with E-state index in [1.807, 2.05) is 0 Å². The summed E-state index contributed by atoms with van der Waals surface area (Å²) in [7, 11) is 0. The van der Waals surface area contributed by atoms with Crippen LogP contribution in [0.4, 0.5) is 0 Å². The predicted molar refractivity (Wildman–Crippen MR) is 27.6 cm³/mol. The van der Waals surface area contributed by atoms with Crippen molar-refractivity contribution >= 4 is 0 Å². The van der Waals surface area contributed by atoms with Crippen molar-refractivity contribution in [2.45, 2.75) is 13.8 Å². The molecule has 0 saturated heterocycles. The highest BCUT2D eigenvalue weighted by Gasteiger charge is 2.03. The molecule has 8 heavy (non-hydrogen) atoms. The van der Waals surface area contributed by atoms with Gasteiger partial charge < -0.3 is 9.63 Å². The fraction of sp³-hybridized carbons (Fsp3) is 0.400. The lowest BCUT2D eigenvalue weighted by atomic mass is 10.3. The van der Waals surface area contributed by atoms with Crippen LogP contribution in [0.2, 0.25) is 0 Å². The molecular weight excluding hydrogens is 106 g/mol. The summed E-state index contributed by atoms with van der Waals surface area (Å²) >= 11 is 0. The van der Waals surface area contributed by atoms with Crippen molar-refractivity contribution in [3.63, 3.8) is 0 Å². The Hall–Kier alpha value is -0.990. The van der Waals surface area contributed by atoms with Crippen molar-refractivity contribution in [2.75, 3.05) is 0 Å². The van der Waals surface area contributed by atoms with Gasteiger partial charge in [-0.1, -0.05) is 5.16 Å².